The number of halogens is 2. The van der Waals surface area contributed by atoms with Gasteiger partial charge in [-0.25, -0.2) is 4.39 Å². The molecule has 0 saturated heterocycles. The summed E-state index contributed by atoms with van der Waals surface area (Å²) in [4.78, 5) is 0. The van der Waals surface area contributed by atoms with Crippen LogP contribution in [0.2, 0.25) is 0 Å². The van der Waals surface area contributed by atoms with Crippen LogP contribution in [0.3, 0.4) is 0 Å². The highest BCUT2D eigenvalue weighted by Crippen LogP contribution is 2.40. The molecule has 1 fully saturated rings. The van der Waals surface area contributed by atoms with Crippen LogP contribution in [0.5, 0.6) is 0 Å². The molecule has 0 radical (unpaired) electrons. The van der Waals surface area contributed by atoms with Gasteiger partial charge in [0, 0.05) is 5.69 Å². The third kappa shape index (κ3) is 1.89. The zero-order valence-electron chi connectivity index (χ0n) is 6.59. The summed E-state index contributed by atoms with van der Waals surface area (Å²) >= 11 is 0. The van der Waals surface area contributed by atoms with Crippen molar-refractivity contribution in [2.75, 3.05) is 5.73 Å². The number of benzene rings is 1. The second-order valence-electron chi connectivity index (χ2n) is 3.09. The lowest BCUT2D eigenvalue weighted by Gasteiger charge is -1.99. The first-order valence-electron chi connectivity index (χ1n) is 3.81. The molecule has 12 heavy (non-hydrogen) atoms. The number of hydrogen-bond acceptors (Lipinski definition) is 1. The molecule has 2 rings (SSSR count). The van der Waals surface area contributed by atoms with E-state index in [9.17, 15) is 4.39 Å². The molecule has 0 aliphatic heterocycles. The third-order valence-electron chi connectivity index (χ3n) is 1.99. The molecule has 0 unspecified atom stereocenters. The van der Waals surface area contributed by atoms with Crippen LogP contribution in [0.1, 0.15) is 24.3 Å². The van der Waals surface area contributed by atoms with Gasteiger partial charge in [0.15, 0.2) is 0 Å². The fraction of sp³-hybridized carbons (Fsp3) is 0.333. The van der Waals surface area contributed by atoms with Crippen LogP contribution in [0.25, 0.3) is 0 Å². The topological polar surface area (TPSA) is 26.0 Å². The minimum Gasteiger partial charge on any atom is -0.399 e. The summed E-state index contributed by atoms with van der Waals surface area (Å²) in [7, 11) is 0. The predicted molar refractivity (Wildman–Crippen MR) is 50.0 cm³/mol. The fourth-order valence-electron chi connectivity index (χ4n) is 1.29. The van der Waals surface area contributed by atoms with Gasteiger partial charge in [0.05, 0.1) is 0 Å². The van der Waals surface area contributed by atoms with Crippen LogP contribution in [-0.2, 0) is 0 Å². The Labute approximate surface area is 77.2 Å². The average Bonchev–Trinajstić information content (AvgIpc) is 2.64. The Morgan fingerprint density at radius 3 is 2.42 bits per heavy atom. The van der Waals surface area contributed by atoms with Gasteiger partial charge in [0.2, 0.25) is 0 Å². The van der Waals surface area contributed by atoms with Gasteiger partial charge in [-0.3, -0.25) is 0 Å². The van der Waals surface area contributed by atoms with Crippen molar-refractivity contribution in [3.05, 3.63) is 29.6 Å². The molecule has 1 saturated carbocycles. The Balaban J connectivity index is 0.000000720. The van der Waals surface area contributed by atoms with Crippen molar-refractivity contribution in [3.63, 3.8) is 0 Å². The van der Waals surface area contributed by atoms with E-state index in [-0.39, 0.29) is 18.2 Å². The second kappa shape index (κ2) is 3.31. The highest BCUT2D eigenvalue weighted by atomic mass is 35.5. The van der Waals surface area contributed by atoms with Gasteiger partial charge in [0.25, 0.3) is 0 Å². The van der Waals surface area contributed by atoms with Crippen molar-refractivity contribution in [3.8, 4) is 0 Å². The van der Waals surface area contributed by atoms with E-state index in [2.05, 4.69) is 0 Å². The Bertz CT molecular complexity index is 264. The standard InChI is InChI=1S/C9H10FN.ClH/c10-8-3-7(6-1-2-6)4-9(11)5-8;/h3-6H,1-2,11H2;1H. The number of anilines is 1. The molecule has 1 nitrogen and oxygen atoms in total. The quantitative estimate of drug-likeness (QED) is 0.673. The minimum absolute atomic E-state index is 0. The van der Waals surface area contributed by atoms with Crippen molar-refractivity contribution in [1.82, 2.24) is 0 Å². The second-order valence-corrected chi connectivity index (χ2v) is 3.09. The van der Waals surface area contributed by atoms with E-state index in [0.29, 0.717) is 11.6 Å². The summed E-state index contributed by atoms with van der Waals surface area (Å²) in [6.45, 7) is 0. The maximum atomic E-state index is 12.7. The molecule has 0 amide bonds. The highest BCUT2D eigenvalue weighted by Gasteiger charge is 2.23. The van der Waals surface area contributed by atoms with Crippen LogP contribution in [0.15, 0.2) is 18.2 Å². The SMILES string of the molecule is Cl.Nc1cc(F)cc(C2CC2)c1. The lowest BCUT2D eigenvalue weighted by molar-refractivity contribution is 0.626. The molecule has 0 atom stereocenters. The van der Waals surface area contributed by atoms with Gasteiger partial charge >= 0.3 is 0 Å². The molecular weight excluding hydrogens is 177 g/mol. The van der Waals surface area contributed by atoms with Crippen LogP contribution < -0.4 is 5.73 Å². The monoisotopic (exact) mass is 187 g/mol. The summed E-state index contributed by atoms with van der Waals surface area (Å²) in [5.74, 6) is 0.361. The van der Waals surface area contributed by atoms with E-state index in [1.54, 1.807) is 6.07 Å². The summed E-state index contributed by atoms with van der Waals surface area (Å²) in [5.41, 5.74) is 7.08. The summed E-state index contributed by atoms with van der Waals surface area (Å²) in [6.07, 6.45) is 2.37. The molecule has 1 aromatic carbocycles. The lowest BCUT2D eigenvalue weighted by Crippen LogP contribution is -1.89. The molecular formula is C9H11ClFN. The molecule has 1 aliphatic carbocycles. The normalized spacial score (nSPS) is 15.4. The van der Waals surface area contributed by atoms with Gasteiger partial charge in [-0.2, -0.15) is 0 Å². The fourth-order valence-corrected chi connectivity index (χ4v) is 1.29. The maximum absolute atomic E-state index is 12.7. The van der Waals surface area contributed by atoms with Gasteiger partial charge in [-0.05, 0) is 42.5 Å². The third-order valence-corrected chi connectivity index (χ3v) is 1.99. The van der Waals surface area contributed by atoms with Crippen LogP contribution in [0, 0.1) is 5.82 Å². The van der Waals surface area contributed by atoms with Crippen LogP contribution in [0.4, 0.5) is 10.1 Å². The Kier molecular flexibility index (Phi) is 2.58. The summed E-state index contributed by atoms with van der Waals surface area (Å²) in [6, 6.07) is 4.79. The molecule has 3 heteroatoms. The number of hydrogen-bond donors (Lipinski definition) is 1. The minimum atomic E-state index is -0.216. The Morgan fingerprint density at radius 2 is 1.92 bits per heavy atom. The maximum Gasteiger partial charge on any atom is 0.125 e. The molecule has 66 valence electrons. The predicted octanol–water partition coefficient (Wildman–Crippen LogP) is 2.71. The zero-order chi connectivity index (χ0) is 7.84. The van der Waals surface area contributed by atoms with Gasteiger partial charge in [-0.1, -0.05) is 0 Å². The van der Waals surface area contributed by atoms with Crippen molar-refractivity contribution in [2.45, 2.75) is 18.8 Å². The van der Waals surface area contributed by atoms with Gasteiger partial charge in [-0.15, -0.1) is 12.4 Å². The van der Waals surface area contributed by atoms with Gasteiger partial charge < -0.3 is 5.73 Å². The highest BCUT2D eigenvalue weighted by molar-refractivity contribution is 5.85. The zero-order valence-corrected chi connectivity index (χ0v) is 7.40. The summed E-state index contributed by atoms with van der Waals surface area (Å²) in [5, 5.41) is 0. The Morgan fingerprint density at radius 1 is 1.25 bits per heavy atom. The summed E-state index contributed by atoms with van der Waals surface area (Å²) < 4.78 is 12.7. The van der Waals surface area contributed by atoms with Crippen molar-refractivity contribution < 1.29 is 4.39 Å². The van der Waals surface area contributed by atoms with Gasteiger partial charge in [0.1, 0.15) is 5.82 Å². The smallest absolute Gasteiger partial charge is 0.125 e. The van der Waals surface area contributed by atoms with Crippen LogP contribution in [-0.4, -0.2) is 0 Å². The molecule has 0 aromatic heterocycles. The molecule has 0 spiro atoms. The number of nitrogen functional groups attached to an aromatic ring is 1. The molecule has 0 heterocycles. The van der Waals surface area contributed by atoms with E-state index in [1.165, 1.54) is 18.9 Å². The first-order chi connectivity index (χ1) is 5.25. The van der Waals surface area contributed by atoms with Crippen molar-refractivity contribution in [1.29, 1.82) is 0 Å². The van der Waals surface area contributed by atoms with Crippen molar-refractivity contribution >= 4 is 18.1 Å². The lowest BCUT2D eigenvalue weighted by atomic mass is 10.1. The Hall–Kier alpha value is -0.760. The molecule has 2 N–H and O–H groups in total. The molecule has 1 aliphatic rings. The first-order valence-corrected chi connectivity index (χ1v) is 3.81. The van der Waals surface area contributed by atoms with E-state index >= 15 is 0 Å². The van der Waals surface area contributed by atoms with E-state index in [0.717, 1.165) is 5.56 Å². The van der Waals surface area contributed by atoms with E-state index in [4.69, 9.17) is 5.73 Å². The van der Waals surface area contributed by atoms with E-state index in [1.807, 2.05) is 6.07 Å². The first kappa shape index (κ1) is 9.33. The van der Waals surface area contributed by atoms with E-state index < -0.39 is 0 Å². The van der Waals surface area contributed by atoms with Crippen LogP contribution >= 0.6 is 12.4 Å². The largest absolute Gasteiger partial charge is 0.399 e. The average molecular weight is 188 g/mol. The molecule has 1 aromatic rings. The molecule has 0 bridgehead atoms. The van der Waals surface area contributed by atoms with Crippen molar-refractivity contribution in [2.24, 2.45) is 0 Å². The number of rotatable bonds is 1. The number of nitrogens with two attached hydrogens (primary N) is 1.